The second kappa shape index (κ2) is 6.51. The molecule has 1 fully saturated rings. The molecule has 2 rings (SSSR count). The monoisotopic (exact) mass is 303 g/mol. The van der Waals surface area contributed by atoms with Crippen molar-refractivity contribution in [3.05, 3.63) is 35.9 Å². The Labute approximate surface area is 132 Å². The molecule has 120 valence electrons. The number of amides is 2. The van der Waals surface area contributed by atoms with Gasteiger partial charge in [0.2, 0.25) is 5.91 Å². The first-order valence-corrected chi connectivity index (χ1v) is 7.88. The smallest absolute Gasteiger partial charge is 0.417 e. The number of ether oxygens (including phenoxy) is 1. The molecular weight excluding hydrogens is 278 g/mol. The topological polar surface area (TPSA) is 46.6 Å². The van der Waals surface area contributed by atoms with Gasteiger partial charge in [0.25, 0.3) is 0 Å². The van der Waals surface area contributed by atoms with Crippen molar-refractivity contribution in [1.29, 1.82) is 0 Å². The number of imide groups is 1. The van der Waals surface area contributed by atoms with Crippen LogP contribution >= 0.6 is 0 Å². The summed E-state index contributed by atoms with van der Waals surface area (Å²) in [6.07, 6.45) is 1.78. The van der Waals surface area contributed by atoms with Crippen LogP contribution in [0.5, 0.6) is 0 Å². The molecule has 0 saturated carbocycles. The Bertz CT molecular complexity index is 533. The number of carbonyl (C=O) groups excluding carboxylic acids is 2. The second-order valence-electron chi connectivity index (χ2n) is 7.00. The Morgan fingerprint density at radius 3 is 2.45 bits per heavy atom. The first-order valence-electron chi connectivity index (χ1n) is 7.88. The number of hydrogen-bond acceptors (Lipinski definition) is 3. The Morgan fingerprint density at radius 2 is 1.86 bits per heavy atom. The molecule has 1 heterocycles. The van der Waals surface area contributed by atoms with Crippen molar-refractivity contribution in [1.82, 2.24) is 4.90 Å². The van der Waals surface area contributed by atoms with Gasteiger partial charge in [-0.05, 0) is 52.5 Å². The fraction of sp³-hybridized carbons (Fsp3) is 0.556. The lowest BCUT2D eigenvalue weighted by molar-refractivity contribution is -0.139. The van der Waals surface area contributed by atoms with Crippen molar-refractivity contribution in [2.24, 2.45) is 5.92 Å². The molecule has 0 radical (unpaired) electrons. The molecule has 0 spiro atoms. The fourth-order valence-electron chi connectivity index (χ4n) is 2.78. The first-order chi connectivity index (χ1) is 10.3. The van der Waals surface area contributed by atoms with E-state index in [0.717, 1.165) is 18.4 Å². The third kappa shape index (κ3) is 4.09. The predicted molar refractivity (Wildman–Crippen MR) is 85.4 cm³/mol. The van der Waals surface area contributed by atoms with Crippen LogP contribution in [0.3, 0.4) is 0 Å². The Morgan fingerprint density at radius 1 is 1.23 bits per heavy atom. The van der Waals surface area contributed by atoms with Gasteiger partial charge in [0.05, 0.1) is 0 Å². The number of rotatable bonds is 2. The molecule has 1 aliphatic rings. The van der Waals surface area contributed by atoms with E-state index >= 15 is 0 Å². The number of benzene rings is 1. The zero-order chi connectivity index (χ0) is 16.3. The van der Waals surface area contributed by atoms with Gasteiger partial charge in [0, 0.05) is 12.0 Å². The SMILES string of the molecule is C[C@@H]1CC[C@@H](Cc2ccccc2)C(=O)N1C(=O)OC(C)(C)C. The number of nitrogens with zero attached hydrogens (tertiary/aromatic N) is 1. The van der Waals surface area contributed by atoms with Crippen LogP contribution in [-0.4, -0.2) is 28.5 Å². The van der Waals surface area contributed by atoms with Crippen LogP contribution in [0, 0.1) is 5.92 Å². The van der Waals surface area contributed by atoms with Crippen LogP contribution in [0.25, 0.3) is 0 Å². The zero-order valence-corrected chi connectivity index (χ0v) is 13.8. The Balaban J connectivity index is 2.10. The van der Waals surface area contributed by atoms with E-state index in [2.05, 4.69) is 0 Å². The zero-order valence-electron chi connectivity index (χ0n) is 13.8. The summed E-state index contributed by atoms with van der Waals surface area (Å²) >= 11 is 0. The van der Waals surface area contributed by atoms with Gasteiger partial charge >= 0.3 is 6.09 Å². The predicted octanol–water partition coefficient (Wildman–Crippen LogP) is 3.79. The van der Waals surface area contributed by atoms with E-state index in [4.69, 9.17) is 4.74 Å². The molecule has 2 amide bonds. The number of likely N-dealkylation sites (tertiary alicyclic amines) is 1. The van der Waals surface area contributed by atoms with Crippen LogP contribution in [0.2, 0.25) is 0 Å². The largest absolute Gasteiger partial charge is 0.443 e. The normalized spacial score (nSPS) is 22.5. The molecule has 1 saturated heterocycles. The van der Waals surface area contributed by atoms with Crippen LogP contribution in [0.15, 0.2) is 30.3 Å². The average molecular weight is 303 g/mol. The van der Waals surface area contributed by atoms with E-state index in [1.54, 1.807) is 0 Å². The summed E-state index contributed by atoms with van der Waals surface area (Å²) < 4.78 is 5.38. The minimum absolute atomic E-state index is 0.102. The van der Waals surface area contributed by atoms with E-state index < -0.39 is 11.7 Å². The van der Waals surface area contributed by atoms with Gasteiger partial charge in [-0.15, -0.1) is 0 Å². The highest BCUT2D eigenvalue weighted by molar-refractivity contribution is 5.94. The number of carbonyl (C=O) groups is 2. The lowest BCUT2D eigenvalue weighted by Gasteiger charge is -2.36. The molecule has 0 N–H and O–H groups in total. The van der Waals surface area contributed by atoms with Crippen molar-refractivity contribution < 1.29 is 14.3 Å². The van der Waals surface area contributed by atoms with E-state index in [-0.39, 0.29) is 17.9 Å². The van der Waals surface area contributed by atoms with Crippen LogP contribution in [-0.2, 0) is 16.0 Å². The van der Waals surface area contributed by atoms with Crippen molar-refractivity contribution in [2.75, 3.05) is 0 Å². The van der Waals surface area contributed by atoms with Crippen LogP contribution in [0.4, 0.5) is 4.79 Å². The van der Waals surface area contributed by atoms with E-state index in [9.17, 15) is 9.59 Å². The minimum atomic E-state index is -0.594. The maximum Gasteiger partial charge on any atom is 0.417 e. The lowest BCUT2D eigenvalue weighted by Crippen LogP contribution is -2.51. The van der Waals surface area contributed by atoms with E-state index in [0.29, 0.717) is 6.42 Å². The molecular formula is C18H25NO3. The number of piperidine rings is 1. The average Bonchev–Trinajstić information content (AvgIpc) is 2.41. The molecule has 4 heteroatoms. The summed E-state index contributed by atoms with van der Waals surface area (Å²) in [5.74, 6) is -0.261. The maximum atomic E-state index is 12.7. The van der Waals surface area contributed by atoms with Gasteiger partial charge in [0.15, 0.2) is 0 Å². The van der Waals surface area contributed by atoms with Crippen molar-refractivity contribution in [2.45, 2.75) is 58.6 Å². The van der Waals surface area contributed by atoms with Crippen molar-refractivity contribution in [3.63, 3.8) is 0 Å². The molecule has 2 atom stereocenters. The maximum absolute atomic E-state index is 12.7. The van der Waals surface area contributed by atoms with Gasteiger partial charge in [-0.3, -0.25) is 4.79 Å². The highest BCUT2D eigenvalue weighted by Gasteiger charge is 2.39. The second-order valence-corrected chi connectivity index (χ2v) is 7.00. The van der Waals surface area contributed by atoms with Gasteiger partial charge in [0.1, 0.15) is 5.60 Å². The van der Waals surface area contributed by atoms with Crippen LogP contribution < -0.4 is 0 Å². The van der Waals surface area contributed by atoms with Crippen molar-refractivity contribution >= 4 is 12.0 Å². The Kier molecular flexibility index (Phi) is 4.89. The molecule has 4 nitrogen and oxygen atoms in total. The van der Waals surface area contributed by atoms with Gasteiger partial charge < -0.3 is 4.74 Å². The minimum Gasteiger partial charge on any atom is -0.443 e. The molecule has 0 unspecified atom stereocenters. The molecule has 22 heavy (non-hydrogen) atoms. The number of hydrogen-bond donors (Lipinski definition) is 0. The summed E-state index contributed by atoms with van der Waals surface area (Å²) in [5.41, 5.74) is 0.531. The molecule has 1 aromatic carbocycles. The van der Waals surface area contributed by atoms with Crippen LogP contribution in [0.1, 0.15) is 46.1 Å². The summed E-state index contributed by atoms with van der Waals surface area (Å²) in [7, 11) is 0. The lowest BCUT2D eigenvalue weighted by atomic mass is 9.88. The highest BCUT2D eigenvalue weighted by Crippen LogP contribution is 2.27. The summed E-state index contributed by atoms with van der Waals surface area (Å²) in [6, 6.07) is 9.83. The van der Waals surface area contributed by atoms with Gasteiger partial charge in [-0.1, -0.05) is 30.3 Å². The standard InChI is InChI=1S/C18H25NO3/c1-13-10-11-15(12-14-8-6-5-7-9-14)16(20)19(13)17(21)22-18(2,3)4/h5-9,13,15H,10-12H2,1-4H3/t13-,15+/m1/s1. The van der Waals surface area contributed by atoms with E-state index in [1.807, 2.05) is 58.0 Å². The highest BCUT2D eigenvalue weighted by atomic mass is 16.6. The quantitative estimate of drug-likeness (QED) is 0.835. The molecule has 0 aliphatic carbocycles. The Hall–Kier alpha value is -1.84. The van der Waals surface area contributed by atoms with Gasteiger partial charge in [-0.2, -0.15) is 0 Å². The summed E-state index contributed by atoms with van der Waals surface area (Å²) in [5, 5.41) is 0. The molecule has 1 aromatic rings. The molecule has 0 aromatic heterocycles. The first kappa shape index (κ1) is 16.5. The van der Waals surface area contributed by atoms with Crippen molar-refractivity contribution in [3.8, 4) is 0 Å². The third-order valence-corrected chi connectivity index (χ3v) is 3.88. The molecule has 0 bridgehead atoms. The van der Waals surface area contributed by atoms with E-state index in [1.165, 1.54) is 4.90 Å². The molecule has 1 aliphatic heterocycles. The summed E-state index contributed by atoms with van der Waals surface area (Å²) in [6.45, 7) is 7.34. The summed E-state index contributed by atoms with van der Waals surface area (Å²) in [4.78, 5) is 26.3. The van der Waals surface area contributed by atoms with Gasteiger partial charge in [-0.25, -0.2) is 9.69 Å². The third-order valence-electron chi connectivity index (χ3n) is 3.88. The fourth-order valence-corrected chi connectivity index (χ4v) is 2.78.